The number of morpholine rings is 1. The Kier molecular flexibility index (Phi) is 6.28. The SMILES string of the molecule is Cc1ccccc1N1C(=O)c2ccc(C(=O)NCc3ccc(N4CC(C)OC(C)C4)nc3)cc2C1=O. The van der Waals surface area contributed by atoms with Crippen molar-refractivity contribution in [3.05, 3.63) is 88.6 Å². The summed E-state index contributed by atoms with van der Waals surface area (Å²) in [6.45, 7) is 7.81. The van der Waals surface area contributed by atoms with Gasteiger partial charge in [-0.15, -0.1) is 0 Å². The average Bonchev–Trinajstić information content (AvgIpc) is 3.12. The molecule has 2 aliphatic rings. The Hall–Kier alpha value is -4.04. The molecule has 2 aliphatic heterocycles. The number of carbonyl (C=O) groups excluding carboxylic acids is 3. The number of ether oxygens (including phenoxy) is 1. The number of fused-ring (bicyclic) bond motifs is 1. The van der Waals surface area contributed by atoms with Gasteiger partial charge in [-0.2, -0.15) is 0 Å². The van der Waals surface area contributed by atoms with Gasteiger partial charge in [-0.1, -0.05) is 24.3 Å². The van der Waals surface area contributed by atoms with Gasteiger partial charge in [0.25, 0.3) is 17.7 Å². The van der Waals surface area contributed by atoms with Crippen molar-refractivity contribution in [1.82, 2.24) is 10.3 Å². The smallest absolute Gasteiger partial charge is 0.266 e. The van der Waals surface area contributed by atoms with Crippen molar-refractivity contribution in [1.29, 1.82) is 0 Å². The van der Waals surface area contributed by atoms with E-state index in [1.165, 1.54) is 11.0 Å². The standard InChI is InChI=1S/C28H28N4O4/c1-17-6-4-5-7-24(17)32-27(34)22-10-9-21(12-23(22)28(32)35)26(33)30-14-20-8-11-25(29-13-20)31-15-18(2)36-19(3)16-31/h4-13,18-19H,14-16H2,1-3H3,(H,30,33). The van der Waals surface area contributed by atoms with Crippen LogP contribution >= 0.6 is 0 Å². The molecule has 3 aromatic rings. The molecule has 3 heterocycles. The van der Waals surface area contributed by atoms with Crippen molar-refractivity contribution in [2.24, 2.45) is 0 Å². The number of para-hydroxylation sites is 1. The molecule has 2 atom stereocenters. The number of carbonyl (C=O) groups is 3. The van der Waals surface area contributed by atoms with Crippen LogP contribution in [0.2, 0.25) is 0 Å². The number of imide groups is 1. The maximum Gasteiger partial charge on any atom is 0.266 e. The van der Waals surface area contributed by atoms with Gasteiger partial charge in [0.05, 0.1) is 29.0 Å². The molecule has 36 heavy (non-hydrogen) atoms. The van der Waals surface area contributed by atoms with Crippen LogP contribution in [-0.4, -0.2) is 48.0 Å². The second-order valence-electron chi connectivity index (χ2n) is 9.36. The van der Waals surface area contributed by atoms with E-state index >= 15 is 0 Å². The van der Waals surface area contributed by atoms with Crippen molar-refractivity contribution >= 4 is 29.2 Å². The molecule has 2 aromatic carbocycles. The number of benzene rings is 2. The fraction of sp³-hybridized carbons (Fsp3) is 0.286. The quantitative estimate of drug-likeness (QED) is 0.555. The van der Waals surface area contributed by atoms with Gasteiger partial charge in [-0.25, -0.2) is 9.88 Å². The third-order valence-corrected chi connectivity index (χ3v) is 6.51. The van der Waals surface area contributed by atoms with E-state index in [1.54, 1.807) is 30.5 Å². The molecule has 0 bridgehead atoms. The highest BCUT2D eigenvalue weighted by Crippen LogP contribution is 2.31. The van der Waals surface area contributed by atoms with Gasteiger partial charge in [-0.05, 0) is 62.2 Å². The number of pyridine rings is 1. The summed E-state index contributed by atoms with van der Waals surface area (Å²) in [6, 6.07) is 15.7. The summed E-state index contributed by atoms with van der Waals surface area (Å²) in [5, 5.41) is 2.88. The summed E-state index contributed by atoms with van der Waals surface area (Å²) < 4.78 is 5.78. The number of hydrogen-bond donors (Lipinski definition) is 1. The highest BCUT2D eigenvalue weighted by molar-refractivity contribution is 6.35. The third-order valence-electron chi connectivity index (χ3n) is 6.51. The lowest BCUT2D eigenvalue weighted by atomic mass is 10.1. The van der Waals surface area contributed by atoms with Crippen LogP contribution in [0.1, 0.15) is 56.0 Å². The molecular formula is C28H28N4O4. The fourth-order valence-electron chi connectivity index (χ4n) is 4.77. The van der Waals surface area contributed by atoms with Gasteiger partial charge >= 0.3 is 0 Å². The van der Waals surface area contributed by atoms with Gasteiger partial charge in [0.15, 0.2) is 0 Å². The highest BCUT2D eigenvalue weighted by atomic mass is 16.5. The second kappa shape index (κ2) is 9.54. The first-order valence-corrected chi connectivity index (χ1v) is 12.0. The monoisotopic (exact) mass is 484 g/mol. The first-order valence-electron chi connectivity index (χ1n) is 12.0. The van der Waals surface area contributed by atoms with E-state index in [0.717, 1.165) is 30.0 Å². The zero-order chi connectivity index (χ0) is 25.4. The predicted molar refractivity (Wildman–Crippen MR) is 136 cm³/mol. The molecule has 184 valence electrons. The van der Waals surface area contributed by atoms with Crippen LogP contribution in [0, 0.1) is 6.92 Å². The number of aryl methyl sites for hydroxylation is 1. The van der Waals surface area contributed by atoms with Crippen LogP contribution in [0.15, 0.2) is 60.8 Å². The summed E-state index contributed by atoms with van der Waals surface area (Å²) in [7, 11) is 0. The second-order valence-corrected chi connectivity index (χ2v) is 9.36. The Bertz CT molecular complexity index is 1330. The molecule has 5 rings (SSSR count). The fourth-order valence-corrected chi connectivity index (χ4v) is 4.77. The van der Waals surface area contributed by atoms with Crippen LogP contribution in [-0.2, 0) is 11.3 Å². The molecule has 1 aromatic heterocycles. The Morgan fingerprint density at radius 1 is 1.00 bits per heavy atom. The van der Waals surface area contributed by atoms with Crippen molar-refractivity contribution in [3.63, 3.8) is 0 Å². The Morgan fingerprint density at radius 3 is 2.42 bits per heavy atom. The third kappa shape index (κ3) is 4.47. The van der Waals surface area contributed by atoms with E-state index in [-0.39, 0.29) is 29.6 Å². The van der Waals surface area contributed by atoms with Crippen LogP contribution in [0.25, 0.3) is 0 Å². The topological polar surface area (TPSA) is 91.8 Å². The lowest BCUT2D eigenvalue weighted by Crippen LogP contribution is -2.45. The van der Waals surface area contributed by atoms with E-state index in [0.29, 0.717) is 23.4 Å². The van der Waals surface area contributed by atoms with Gasteiger partial charge in [0.2, 0.25) is 0 Å². The maximum absolute atomic E-state index is 13.1. The average molecular weight is 485 g/mol. The molecule has 0 radical (unpaired) electrons. The maximum atomic E-state index is 13.1. The first kappa shape index (κ1) is 23.7. The Morgan fingerprint density at radius 2 is 1.72 bits per heavy atom. The van der Waals surface area contributed by atoms with E-state index in [2.05, 4.69) is 29.0 Å². The number of rotatable bonds is 5. The predicted octanol–water partition coefficient (Wildman–Crippen LogP) is 3.73. The summed E-state index contributed by atoms with van der Waals surface area (Å²) in [5.41, 5.74) is 3.08. The molecule has 2 unspecified atom stereocenters. The van der Waals surface area contributed by atoms with E-state index < -0.39 is 5.91 Å². The molecule has 8 nitrogen and oxygen atoms in total. The normalized spacial score (nSPS) is 19.4. The lowest BCUT2D eigenvalue weighted by molar-refractivity contribution is -0.00546. The number of nitrogens with zero attached hydrogens (tertiary/aromatic N) is 3. The molecule has 8 heteroatoms. The Labute approximate surface area is 209 Å². The molecule has 1 saturated heterocycles. The lowest BCUT2D eigenvalue weighted by Gasteiger charge is -2.36. The molecular weight excluding hydrogens is 456 g/mol. The molecule has 0 spiro atoms. The van der Waals surface area contributed by atoms with Crippen molar-refractivity contribution in [2.45, 2.75) is 39.5 Å². The van der Waals surface area contributed by atoms with E-state index in [4.69, 9.17) is 4.74 Å². The molecule has 3 amide bonds. The summed E-state index contributed by atoms with van der Waals surface area (Å²) in [6.07, 6.45) is 2.05. The van der Waals surface area contributed by atoms with Gasteiger partial charge in [0.1, 0.15) is 5.82 Å². The summed E-state index contributed by atoms with van der Waals surface area (Å²) in [4.78, 5) is 46.8. The van der Waals surface area contributed by atoms with Gasteiger partial charge < -0.3 is 15.0 Å². The van der Waals surface area contributed by atoms with Crippen LogP contribution in [0.3, 0.4) is 0 Å². The van der Waals surface area contributed by atoms with E-state index in [9.17, 15) is 14.4 Å². The molecule has 0 aliphatic carbocycles. The van der Waals surface area contributed by atoms with Crippen LogP contribution in [0.5, 0.6) is 0 Å². The molecule has 1 fully saturated rings. The zero-order valence-electron chi connectivity index (χ0n) is 20.5. The van der Waals surface area contributed by atoms with Gasteiger partial charge in [0, 0.05) is 31.4 Å². The summed E-state index contributed by atoms with van der Waals surface area (Å²) in [5.74, 6) is -0.253. The molecule has 0 saturated carbocycles. The minimum Gasteiger partial charge on any atom is -0.372 e. The van der Waals surface area contributed by atoms with Crippen molar-refractivity contribution in [3.8, 4) is 0 Å². The Balaban J connectivity index is 1.26. The largest absolute Gasteiger partial charge is 0.372 e. The van der Waals surface area contributed by atoms with Crippen LogP contribution < -0.4 is 15.1 Å². The number of aromatic nitrogens is 1. The number of amides is 3. The summed E-state index contributed by atoms with van der Waals surface area (Å²) >= 11 is 0. The number of hydrogen-bond acceptors (Lipinski definition) is 6. The zero-order valence-corrected chi connectivity index (χ0v) is 20.5. The van der Waals surface area contributed by atoms with Crippen LogP contribution in [0.4, 0.5) is 11.5 Å². The highest BCUT2D eigenvalue weighted by Gasteiger charge is 2.37. The van der Waals surface area contributed by atoms with Crippen molar-refractivity contribution < 1.29 is 19.1 Å². The van der Waals surface area contributed by atoms with Crippen molar-refractivity contribution in [2.75, 3.05) is 22.9 Å². The number of nitrogens with one attached hydrogen (secondary N) is 1. The number of anilines is 2. The minimum absolute atomic E-state index is 0.146. The minimum atomic E-state index is -0.425. The first-order chi connectivity index (χ1) is 17.3. The molecule has 1 N–H and O–H groups in total. The van der Waals surface area contributed by atoms with E-state index in [1.807, 2.05) is 31.2 Å². The van der Waals surface area contributed by atoms with Gasteiger partial charge in [-0.3, -0.25) is 14.4 Å².